The summed E-state index contributed by atoms with van der Waals surface area (Å²) in [5.74, 6) is 0.614. The summed E-state index contributed by atoms with van der Waals surface area (Å²) in [7, 11) is 0. The number of hydrogen-bond acceptors (Lipinski definition) is 5. The van der Waals surface area contributed by atoms with E-state index >= 15 is 0 Å². The zero-order valence-corrected chi connectivity index (χ0v) is 22.3. The highest BCUT2D eigenvalue weighted by atomic mass is 16.5. The summed E-state index contributed by atoms with van der Waals surface area (Å²) >= 11 is 0. The van der Waals surface area contributed by atoms with Crippen molar-refractivity contribution in [3.05, 3.63) is 53.6 Å². The average molecular weight is 496 g/mol. The van der Waals surface area contributed by atoms with Gasteiger partial charge in [-0.2, -0.15) is 0 Å². The van der Waals surface area contributed by atoms with Crippen LogP contribution in [-0.2, 0) is 0 Å². The van der Waals surface area contributed by atoms with Gasteiger partial charge < -0.3 is 14.6 Å². The number of phenolic OH excluding ortho intramolecular Hbond substituents is 1. The van der Waals surface area contributed by atoms with Crippen LogP contribution in [0.4, 0.5) is 0 Å². The normalized spacial score (nSPS) is 11.2. The van der Waals surface area contributed by atoms with Crippen molar-refractivity contribution in [3.63, 3.8) is 0 Å². The average Bonchev–Trinajstić information content (AvgIpc) is 2.88. The molecule has 0 radical (unpaired) electrons. The Bertz CT molecular complexity index is 892. The Morgan fingerprint density at radius 2 is 1.36 bits per heavy atom. The first-order valence-electron chi connectivity index (χ1n) is 13.9. The molecule has 0 atom stereocenters. The van der Waals surface area contributed by atoms with E-state index in [4.69, 9.17) is 9.47 Å². The summed E-state index contributed by atoms with van der Waals surface area (Å²) in [6.45, 7) is 5.88. The largest absolute Gasteiger partial charge is 0.507 e. The predicted octanol–water partition coefficient (Wildman–Crippen LogP) is 8.52. The van der Waals surface area contributed by atoms with Crippen molar-refractivity contribution < 1.29 is 19.4 Å². The lowest BCUT2D eigenvalue weighted by molar-refractivity contribution is 0.0734. The molecule has 0 aliphatic carbocycles. The molecule has 2 aromatic carbocycles. The summed E-state index contributed by atoms with van der Waals surface area (Å²) in [6, 6.07) is 11.8. The van der Waals surface area contributed by atoms with Gasteiger partial charge in [0.1, 0.15) is 17.2 Å². The van der Waals surface area contributed by atoms with Crippen molar-refractivity contribution in [1.29, 1.82) is 0 Å². The van der Waals surface area contributed by atoms with Crippen molar-refractivity contribution >= 4 is 12.2 Å². The summed E-state index contributed by atoms with van der Waals surface area (Å²) < 4.78 is 11.2. The molecule has 0 spiro atoms. The fourth-order valence-electron chi connectivity index (χ4n) is 3.94. The zero-order valence-electron chi connectivity index (χ0n) is 22.3. The van der Waals surface area contributed by atoms with Gasteiger partial charge in [-0.25, -0.2) is 4.79 Å². The molecule has 5 heteroatoms. The second kappa shape index (κ2) is 18.4. The number of aromatic hydroxyl groups is 1. The number of aliphatic imine (C=N–C) groups is 1. The lowest BCUT2D eigenvalue weighted by atomic mass is 10.1. The Balaban J connectivity index is 1.70. The van der Waals surface area contributed by atoms with E-state index in [0.717, 1.165) is 25.1 Å². The highest BCUT2D eigenvalue weighted by Crippen LogP contribution is 2.24. The molecule has 5 nitrogen and oxygen atoms in total. The zero-order chi connectivity index (χ0) is 25.8. The van der Waals surface area contributed by atoms with Crippen LogP contribution in [0, 0.1) is 0 Å². The first-order valence-corrected chi connectivity index (χ1v) is 13.9. The molecule has 0 aromatic heterocycles. The van der Waals surface area contributed by atoms with E-state index in [1.807, 2.05) is 0 Å². The van der Waals surface area contributed by atoms with Crippen LogP contribution < -0.4 is 9.47 Å². The van der Waals surface area contributed by atoms with Crippen LogP contribution in [0.25, 0.3) is 0 Å². The number of benzene rings is 2. The minimum absolute atomic E-state index is 0.0414. The smallest absolute Gasteiger partial charge is 0.343 e. The minimum Gasteiger partial charge on any atom is -0.507 e. The first-order chi connectivity index (χ1) is 17.6. The van der Waals surface area contributed by atoms with Gasteiger partial charge in [0, 0.05) is 24.4 Å². The second-order valence-electron chi connectivity index (χ2n) is 9.41. The second-order valence-corrected chi connectivity index (χ2v) is 9.41. The van der Waals surface area contributed by atoms with Crippen molar-refractivity contribution in [2.24, 2.45) is 4.99 Å². The number of phenols is 1. The monoisotopic (exact) mass is 495 g/mol. The highest BCUT2D eigenvalue weighted by molar-refractivity contribution is 5.91. The van der Waals surface area contributed by atoms with Crippen LogP contribution in [0.5, 0.6) is 17.2 Å². The van der Waals surface area contributed by atoms with E-state index in [1.54, 1.807) is 42.6 Å². The molecule has 36 heavy (non-hydrogen) atoms. The highest BCUT2D eigenvalue weighted by Gasteiger charge is 2.10. The van der Waals surface area contributed by atoms with Gasteiger partial charge in [-0.3, -0.25) is 4.99 Å². The fourth-order valence-corrected chi connectivity index (χ4v) is 3.94. The Morgan fingerprint density at radius 3 is 2.00 bits per heavy atom. The third-order valence-corrected chi connectivity index (χ3v) is 6.19. The molecule has 0 amide bonds. The maximum atomic E-state index is 12.5. The van der Waals surface area contributed by atoms with Gasteiger partial charge in [0.2, 0.25) is 0 Å². The molecule has 0 aliphatic heterocycles. The number of carbonyl (C=O) groups excluding carboxylic acids is 1. The van der Waals surface area contributed by atoms with Gasteiger partial charge in [-0.05, 0) is 49.2 Å². The standard InChI is InChI=1S/C31H45NO4/c1-3-5-7-9-10-11-13-15-23-35-28-19-16-26(17-20-28)31(34)36-29-21-18-27(30(33)24-29)25-32-22-14-12-8-6-4-2/h16-21,24-25,33H,3-15,22-23H2,1-2H3. The van der Waals surface area contributed by atoms with Gasteiger partial charge in [0.05, 0.1) is 12.2 Å². The van der Waals surface area contributed by atoms with Crippen molar-refractivity contribution in [2.75, 3.05) is 13.2 Å². The Hall–Kier alpha value is -2.82. The fraction of sp³-hybridized carbons (Fsp3) is 0.548. The molecule has 0 fully saturated rings. The third kappa shape index (κ3) is 12.2. The molecule has 0 saturated heterocycles. The molecule has 0 bridgehead atoms. The Labute approximate surface area is 218 Å². The van der Waals surface area contributed by atoms with Gasteiger partial charge >= 0.3 is 5.97 Å². The molecule has 0 unspecified atom stereocenters. The molecule has 0 heterocycles. The number of hydrogen-bond donors (Lipinski definition) is 1. The van der Waals surface area contributed by atoms with Gasteiger partial charge in [0.25, 0.3) is 0 Å². The molecule has 0 aliphatic rings. The molecular weight excluding hydrogens is 450 g/mol. The number of carbonyl (C=O) groups is 1. The van der Waals surface area contributed by atoms with E-state index in [9.17, 15) is 9.90 Å². The molecule has 1 N–H and O–H groups in total. The van der Waals surface area contributed by atoms with Crippen LogP contribution in [0.1, 0.15) is 113 Å². The van der Waals surface area contributed by atoms with Crippen LogP contribution in [0.15, 0.2) is 47.5 Å². The van der Waals surface area contributed by atoms with E-state index < -0.39 is 5.97 Å². The third-order valence-electron chi connectivity index (χ3n) is 6.19. The van der Waals surface area contributed by atoms with Crippen molar-refractivity contribution in [2.45, 2.75) is 97.3 Å². The molecular formula is C31H45NO4. The predicted molar refractivity (Wildman–Crippen MR) is 149 cm³/mol. The van der Waals surface area contributed by atoms with Crippen LogP contribution in [0.3, 0.4) is 0 Å². The number of ether oxygens (including phenoxy) is 2. The van der Waals surface area contributed by atoms with Gasteiger partial charge in [-0.15, -0.1) is 0 Å². The molecule has 198 valence electrons. The molecule has 2 rings (SSSR count). The summed E-state index contributed by atoms with van der Waals surface area (Å²) in [6.07, 6.45) is 17.8. The van der Waals surface area contributed by atoms with Crippen molar-refractivity contribution in [1.82, 2.24) is 0 Å². The molecule has 0 saturated carbocycles. The number of unbranched alkanes of at least 4 members (excludes halogenated alkanes) is 11. The van der Waals surface area contributed by atoms with E-state index in [-0.39, 0.29) is 5.75 Å². The van der Waals surface area contributed by atoms with E-state index in [0.29, 0.717) is 23.5 Å². The lowest BCUT2D eigenvalue weighted by Crippen LogP contribution is -2.08. The molecule has 2 aromatic rings. The first kappa shape index (κ1) is 29.4. The Kier molecular flexibility index (Phi) is 15.1. The number of nitrogens with zero attached hydrogens (tertiary/aromatic N) is 1. The Morgan fingerprint density at radius 1 is 0.778 bits per heavy atom. The van der Waals surface area contributed by atoms with Crippen LogP contribution in [0.2, 0.25) is 0 Å². The lowest BCUT2D eigenvalue weighted by Gasteiger charge is -2.08. The summed E-state index contributed by atoms with van der Waals surface area (Å²) in [5.41, 5.74) is 1.05. The van der Waals surface area contributed by atoms with Crippen LogP contribution >= 0.6 is 0 Å². The topological polar surface area (TPSA) is 68.1 Å². The number of rotatable bonds is 19. The maximum absolute atomic E-state index is 12.5. The summed E-state index contributed by atoms with van der Waals surface area (Å²) in [5, 5.41) is 10.3. The number of esters is 1. The van der Waals surface area contributed by atoms with E-state index in [2.05, 4.69) is 18.8 Å². The van der Waals surface area contributed by atoms with Gasteiger partial charge in [0.15, 0.2) is 0 Å². The summed E-state index contributed by atoms with van der Waals surface area (Å²) in [4.78, 5) is 16.9. The quantitative estimate of drug-likeness (QED) is 0.0917. The van der Waals surface area contributed by atoms with Gasteiger partial charge in [-0.1, -0.05) is 84.5 Å². The van der Waals surface area contributed by atoms with Crippen LogP contribution in [-0.4, -0.2) is 30.4 Å². The SMILES string of the molecule is CCCCCCCCCCOc1ccc(C(=O)Oc2ccc(C=NCCCCCCC)c(O)c2)cc1. The minimum atomic E-state index is -0.475. The maximum Gasteiger partial charge on any atom is 0.343 e. The van der Waals surface area contributed by atoms with Crippen molar-refractivity contribution in [3.8, 4) is 17.2 Å². The van der Waals surface area contributed by atoms with E-state index in [1.165, 1.54) is 76.7 Å².